The molecule has 0 amide bonds. The summed E-state index contributed by atoms with van der Waals surface area (Å²) in [5.41, 5.74) is -0.806. The van der Waals surface area contributed by atoms with E-state index < -0.39 is 41.6 Å². The van der Waals surface area contributed by atoms with E-state index in [1.807, 2.05) is 0 Å². The van der Waals surface area contributed by atoms with Gasteiger partial charge in [0.25, 0.3) is 20.2 Å². The van der Waals surface area contributed by atoms with Crippen molar-refractivity contribution in [2.75, 3.05) is 0 Å². The Kier molecular flexibility index (Phi) is 3.25. The van der Waals surface area contributed by atoms with Gasteiger partial charge in [-0.2, -0.15) is 16.8 Å². The van der Waals surface area contributed by atoms with E-state index in [4.69, 9.17) is 14.2 Å². The molecule has 17 heavy (non-hydrogen) atoms. The van der Waals surface area contributed by atoms with Gasteiger partial charge in [-0.15, -0.1) is 0 Å². The molecule has 1 rings (SSSR count). The first-order valence-corrected chi connectivity index (χ1v) is 6.74. The summed E-state index contributed by atoms with van der Waals surface area (Å²) in [5, 5.41) is 8.64. The molecule has 0 atom stereocenters. The summed E-state index contributed by atoms with van der Waals surface area (Å²) in [5.74, 6) is -1.67. The fourth-order valence-electron chi connectivity index (χ4n) is 1.05. The van der Waals surface area contributed by atoms with Crippen LogP contribution in [0.2, 0.25) is 0 Å². The molecule has 1 aromatic rings. The average molecular weight is 282 g/mol. The van der Waals surface area contributed by atoms with E-state index in [0.29, 0.717) is 18.2 Å². The van der Waals surface area contributed by atoms with Crippen molar-refractivity contribution in [3.8, 4) is 0 Å². The highest BCUT2D eigenvalue weighted by atomic mass is 32.2. The van der Waals surface area contributed by atoms with Crippen molar-refractivity contribution in [2.24, 2.45) is 0 Å². The van der Waals surface area contributed by atoms with Gasteiger partial charge in [0.2, 0.25) is 0 Å². The number of carbonyl (C=O) groups is 1. The molecule has 10 heteroatoms. The van der Waals surface area contributed by atoms with Crippen molar-refractivity contribution in [1.29, 1.82) is 0 Å². The van der Waals surface area contributed by atoms with Crippen LogP contribution in [0.4, 0.5) is 0 Å². The van der Waals surface area contributed by atoms with E-state index in [1.54, 1.807) is 0 Å². The molecular weight excluding hydrogens is 276 g/mol. The number of rotatable bonds is 3. The SMILES string of the molecule is O=C(O)c1ccc(S(=O)(=O)O)cc1S(=O)(=O)O. The third kappa shape index (κ3) is 3.00. The molecule has 0 spiro atoms. The summed E-state index contributed by atoms with van der Waals surface area (Å²) in [4.78, 5) is 8.69. The Bertz CT molecular complexity index is 670. The molecule has 0 bridgehead atoms. The molecule has 0 unspecified atom stereocenters. The normalized spacial score (nSPS) is 12.4. The Morgan fingerprint density at radius 1 is 1.00 bits per heavy atom. The first kappa shape index (κ1) is 13.6. The Hall–Kier alpha value is -1.49. The van der Waals surface area contributed by atoms with Crippen LogP contribution in [0.5, 0.6) is 0 Å². The van der Waals surface area contributed by atoms with Crippen molar-refractivity contribution in [2.45, 2.75) is 9.79 Å². The predicted octanol–water partition coefficient (Wildman–Crippen LogP) is -0.122. The van der Waals surface area contributed by atoms with Gasteiger partial charge >= 0.3 is 5.97 Å². The Morgan fingerprint density at radius 2 is 1.53 bits per heavy atom. The first-order chi connectivity index (χ1) is 7.53. The lowest BCUT2D eigenvalue weighted by Gasteiger charge is -2.04. The van der Waals surface area contributed by atoms with Crippen molar-refractivity contribution in [3.63, 3.8) is 0 Å². The van der Waals surface area contributed by atoms with Crippen molar-refractivity contribution < 1.29 is 35.8 Å². The summed E-state index contributed by atoms with van der Waals surface area (Å²) in [6.07, 6.45) is 0. The topological polar surface area (TPSA) is 146 Å². The van der Waals surface area contributed by atoms with E-state index in [-0.39, 0.29) is 0 Å². The van der Waals surface area contributed by atoms with Crippen LogP contribution in [-0.4, -0.2) is 37.0 Å². The number of hydrogen-bond donors (Lipinski definition) is 3. The predicted molar refractivity (Wildman–Crippen MR) is 53.0 cm³/mol. The van der Waals surface area contributed by atoms with Crippen molar-refractivity contribution >= 4 is 26.2 Å². The van der Waals surface area contributed by atoms with Gasteiger partial charge in [0.05, 0.1) is 10.5 Å². The third-order valence-electron chi connectivity index (χ3n) is 1.76. The zero-order valence-electron chi connectivity index (χ0n) is 7.93. The highest BCUT2D eigenvalue weighted by molar-refractivity contribution is 7.86. The second-order valence-electron chi connectivity index (χ2n) is 2.91. The quantitative estimate of drug-likeness (QED) is 0.650. The lowest BCUT2D eigenvalue weighted by molar-refractivity contribution is 0.0692. The third-order valence-corrected chi connectivity index (χ3v) is 3.50. The molecule has 0 radical (unpaired) electrons. The van der Waals surface area contributed by atoms with Crippen LogP contribution in [-0.2, 0) is 20.2 Å². The molecule has 0 aliphatic carbocycles. The maximum atomic E-state index is 10.9. The number of carboxylic acid groups (broad SMARTS) is 1. The van der Waals surface area contributed by atoms with Crippen LogP contribution in [0, 0.1) is 0 Å². The van der Waals surface area contributed by atoms with Crippen LogP contribution < -0.4 is 0 Å². The fraction of sp³-hybridized carbons (Fsp3) is 0. The molecule has 0 aliphatic heterocycles. The number of benzene rings is 1. The van der Waals surface area contributed by atoms with Gasteiger partial charge in [-0.05, 0) is 18.2 Å². The van der Waals surface area contributed by atoms with E-state index in [1.165, 1.54) is 0 Å². The molecule has 3 N–H and O–H groups in total. The van der Waals surface area contributed by atoms with E-state index >= 15 is 0 Å². The lowest BCUT2D eigenvalue weighted by Crippen LogP contribution is -2.10. The number of hydrogen-bond acceptors (Lipinski definition) is 5. The lowest BCUT2D eigenvalue weighted by atomic mass is 10.2. The minimum absolute atomic E-state index is 0.355. The maximum absolute atomic E-state index is 10.9. The van der Waals surface area contributed by atoms with Gasteiger partial charge in [-0.1, -0.05) is 0 Å². The zero-order valence-corrected chi connectivity index (χ0v) is 9.56. The molecule has 94 valence electrons. The van der Waals surface area contributed by atoms with Crippen LogP contribution in [0.25, 0.3) is 0 Å². The number of aromatic carboxylic acids is 1. The van der Waals surface area contributed by atoms with Crippen LogP contribution in [0.3, 0.4) is 0 Å². The smallest absolute Gasteiger partial charge is 0.337 e. The van der Waals surface area contributed by atoms with Crippen molar-refractivity contribution in [3.05, 3.63) is 23.8 Å². The van der Waals surface area contributed by atoms with E-state index in [9.17, 15) is 21.6 Å². The van der Waals surface area contributed by atoms with Gasteiger partial charge in [0, 0.05) is 0 Å². The largest absolute Gasteiger partial charge is 0.478 e. The molecule has 8 nitrogen and oxygen atoms in total. The van der Waals surface area contributed by atoms with Gasteiger partial charge in [0.1, 0.15) is 4.90 Å². The van der Waals surface area contributed by atoms with Crippen LogP contribution in [0.1, 0.15) is 10.4 Å². The van der Waals surface area contributed by atoms with Crippen LogP contribution >= 0.6 is 0 Å². The number of carboxylic acids is 1. The first-order valence-electron chi connectivity index (χ1n) is 3.86. The summed E-state index contributed by atoms with van der Waals surface area (Å²) in [7, 11) is -9.61. The van der Waals surface area contributed by atoms with Crippen molar-refractivity contribution in [1.82, 2.24) is 0 Å². The molecule has 0 saturated carbocycles. The van der Waals surface area contributed by atoms with Gasteiger partial charge in [-0.3, -0.25) is 9.11 Å². The standard InChI is InChI=1S/C7H6O8S2/c8-7(9)5-2-1-4(16(10,11)12)3-6(5)17(13,14)15/h1-3H,(H,8,9)(H,10,11,12)(H,13,14,15). The maximum Gasteiger partial charge on any atom is 0.337 e. The van der Waals surface area contributed by atoms with Gasteiger partial charge in [0.15, 0.2) is 0 Å². The highest BCUT2D eigenvalue weighted by Crippen LogP contribution is 2.20. The highest BCUT2D eigenvalue weighted by Gasteiger charge is 2.23. The Balaban J connectivity index is 3.69. The monoisotopic (exact) mass is 282 g/mol. The molecule has 0 fully saturated rings. The van der Waals surface area contributed by atoms with Gasteiger partial charge < -0.3 is 5.11 Å². The summed E-state index contributed by atoms with van der Waals surface area (Å²) >= 11 is 0. The Morgan fingerprint density at radius 3 is 1.88 bits per heavy atom. The fourth-order valence-corrected chi connectivity index (χ4v) is 2.34. The minimum Gasteiger partial charge on any atom is -0.478 e. The minimum atomic E-state index is -4.92. The summed E-state index contributed by atoms with van der Waals surface area (Å²) < 4.78 is 60.6. The molecule has 0 aliphatic rings. The van der Waals surface area contributed by atoms with E-state index in [0.717, 1.165) is 0 Å². The van der Waals surface area contributed by atoms with Crippen LogP contribution in [0.15, 0.2) is 28.0 Å². The molecule has 1 aromatic carbocycles. The second kappa shape index (κ2) is 4.07. The van der Waals surface area contributed by atoms with Gasteiger partial charge in [-0.25, -0.2) is 4.79 Å². The molecule has 0 heterocycles. The Labute approximate surface area is 96.0 Å². The molecule has 0 aromatic heterocycles. The molecular formula is C7H6O8S2. The summed E-state index contributed by atoms with van der Waals surface area (Å²) in [6, 6.07) is 1.70. The van der Waals surface area contributed by atoms with E-state index in [2.05, 4.69) is 0 Å². The summed E-state index contributed by atoms with van der Waals surface area (Å²) in [6.45, 7) is 0. The zero-order chi connectivity index (χ0) is 13.4. The average Bonchev–Trinajstić information content (AvgIpc) is 2.14. The molecule has 0 saturated heterocycles. The second-order valence-corrected chi connectivity index (χ2v) is 5.72.